The Morgan fingerprint density at radius 3 is 2.55 bits per heavy atom. The van der Waals surface area contributed by atoms with Crippen molar-refractivity contribution in [2.75, 3.05) is 17.2 Å². The Bertz CT molecular complexity index is 659. The van der Waals surface area contributed by atoms with Gasteiger partial charge in [-0.3, -0.25) is 0 Å². The Morgan fingerprint density at radius 2 is 1.95 bits per heavy atom. The molecule has 0 unspecified atom stereocenters. The van der Waals surface area contributed by atoms with Gasteiger partial charge in [0.25, 0.3) is 0 Å². The number of halogens is 1. The predicted molar refractivity (Wildman–Crippen MR) is 94.2 cm³/mol. The summed E-state index contributed by atoms with van der Waals surface area (Å²) in [5.74, 6) is 0.303. The van der Waals surface area contributed by atoms with Gasteiger partial charge < -0.3 is 15.4 Å². The first-order valence-corrected chi connectivity index (χ1v) is 7.75. The third-order valence-corrected chi connectivity index (χ3v) is 3.30. The predicted octanol–water partition coefficient (Wildman–Crippen LogP) is 3.83. The minimum Gasteiger partial charge on any atom is -0.462 e. The minimum atomic E-state index is -0.339. The topological polar surface area (TPSA) is 63.2 Å². The summed E-state index contributed by atoms with van der Waals surface area (Å²) < 4.78 is 5.82. The zero-order valence-corrected chi connectivity index (χ0v) is 14.2. The van der Waals surface area contributed by atoms with Crippen LogP contribution >= 0.6 is 28.1 Å². The molecule has 0 saturated heterocycles. The number of ether oxygens (including phenoxy) is 1. The van der Waals surface area contributed by atoms with E-state index in [1.165, 1.54) is 0 Å². The number of esters is 1. The molecule has 1 heterocycles. The fraction of sp³-hybridized carbons (Fsp3) is 0.133. The lowest BCUT2D eigenvalue weighted by molar-refractivity contribution is 0.0526. The zero-order chi connectivity index (χ0) is 15.9. The smallest absolute Gasteiger partial charge is 0.338 e. The highest BCUT2D eigenvalue weighted by molar-refractivity contribution is 9.10. The SMILES string of the molecule is CCOC(=O)c1ccc(NC(=S)Nc2ccc(Br)cn2)cc1. The second-order valence-corrected chi connectivity index (χ2v) is 5.56. The molecule has 0 radical (unpaired) electrons. The Kier molecular flexibility index (Phi) is 5.85. The highest BCUT2D eigenvalue weighted by Crippen LogP contribution is 2.13. The maximum Gasteiger partial charge on any atom is 0.338 e. The van der Waals surface area contributed by atoms with Crippen molar-refractivity contribution in [2.45, 2.75) is 6.92 Å². The summed E-state index contributed by atoms with van der Waals surface area (Å²) in [5, 5.41) is 6.41. The third-order valence-electron chi connectivity index (χ3n) is 2.62. The van der Waals surface area contributed by atoms with Gasteiger partial charge in [-0.1, -0.05) is 0 Å². The number of pyridine rings is 1. The van der Waals surface area contributed by atoms with Crippen LogP contribution in [-0.4, -0.2) is 22.7 Å². The summed E-state index contributed by atoms with van der Waals surface area (Å²) in [4.78, 5) is 15.7. The number of hydrogen-bond acceptors (Lipinski definition) is 4. The van der Waals surface area contributed by atoms with Crippen LogP contribution in [0.5, 0.6) is 0 Å². The number of nitrogens with one attached hydrogen (secondary N) is 2. The molecule has 0 aliphatic rings. The number of anilines is 2. The summed E-state index contributed by atoms with van der Waals surface area (Å²) in [5.41, 5.74) is 1.27. The van der Waals surface area contributed by atoms with Gasteiger partial charge in [-0.2, -0.15) is 0 Å². The molecule has 0 atom stereocenters. The number of hydrogen-bond donors (Lipinski definition) is 2. The number of carbonyl (C=O) groups excluding carboxylic acids is 1. The van der Waals surface area contributed by atoms with Crippen molar-refractivity contribution in [1.29, 1.82) is 0 Å². The molecule has 2 aromatic rings. The molecule has 0 saturated carbocycles. The van der Waals surface area contributed by atoms with Crippen molar-refractivity contribution in [2.24, 2.45) is 0 Å². The second-order valence-electron chi connectivity index (χ2n) is 4.24. The Morgan fingerprint density at radius 1 is 1.23 bits per heavy atom. The van der Waals surface area contributed by atoms with E-state index in [0.717, 1.165) is 10.2 Å². The molecule has 1 aromatic heterocycles. The number of carbonyl (C=O) groups is 1. The van der Waals surface area contributed by atoms with Crippen molar-refractivity contribution in [1.82, 2.24) is 4.98 Å². The van der Waals surface area contributed by atoms with Crippen molar-refractivity contribution < 1.29 is 9.53 Å². The van der Waals surface area contributed by atoms with E-state index in [4.69, 9.17) is 17.0 Å². The number of thiocarbonyl (C=S) groups is 1. The lowest BCUT2D eigenvalue weighted by Gasteiger charge is -2.10. The molecule has 22 heavy (non-hydrogen) atoms. The van der Waals surface area contributed by atoms with Crippen molar-refractivity contribution in [3.63, 3.8) is 0 Å². The fourth-order valence-corrected chi connectivity index (χ4v) is 2.09. The van der Waals surface area contributed by atoms with Crippen LogP contribution < -0.4 is 10.6 Å². The molecule has 2 rings (SSSR count). The van der Waals surface area contributed by atoms with Gasteiger partial charge in [-0.25, -0.2) is 9.78 Å². The van der Waals surface area contributed by atoms with Gasteiger partial charge in [0.15, 0.2) is 5.11 Å². The number of benzene rings is 1. The van der Waals surface area contributed by atoms with Crippen molar-refractivity contribution >= 4 is 50.7 Å². The van der Waals surface area contributed by atoms with Crippen LogP contribution in [0, 0.1) is 0 Å². The fourth-order valence-electron chi connectivity index (χ4n) is 1.63. The van der Waals surface area contributed by atoms with Crippen LogP contribution in [0.3, 0.4) is 0 Å². The Labute approximate surface area is 142 Å². The van der Waals surface area contributed by atoms with Gasteiger partial charge in [0.2, 0.25) is 0 Å². The van der Waals surface area contributed by atoms with Crippen LogP contribution in [0.2, 0.25) is 0 Å². The van der Waals surface area contributed by atoms with Gasteiger partial charge in [-0.15, -0.1) is 0 Å². The molecular formula is C15H14BrN3O2S. The molecule has 5 nitrogen and oxygen atoms in total. The molecule has 2 N–H and O–H groups in total. The molecular weight excluding hydrogens is 366 g/mol. The largest absolute Gasteiger partial charge is 0.462 e. The molecule has 0 fully saturated rings. The summed E-state index contributed by atoms with van der Waals surface area (Å²) in [7, 11) is 0. The molecule has 0 bridgehead atoms. The first kappa shape index (κ1) is 16.4. The maximum absolute atomic E-state index is 11.6. The molecule has 0 spiro atoms. The van der Waals surface area contributed by atoms with Crippen LogP contribution in [-0.2, 0) is 4.74 Å². The van der Waals surface area contributed by atoms with Crippen molar-refractivity contribution in [3.8, 4) is 0 Å². The van der Waals surface area contributed by atoms with Gasteiger partial charge in [-0.05, 0) is 71.5 Å². The summed E-state index contributed by atoms with van der Waals surface area (Å²) in [6.07, 6.45) is 1.68. The van der Waals surface area contributed by atoms with E-state index in [-0.39, 0.29) is 5.97 Å². The quantitative estimate of drug-likeness (QED) is 0.621. The van der Waals surface area contributed by atoms with E-state index >= 15 is 0 Å². The van der Waals surface area contributed by atoms with Crippen LogP contribution in [0.25, 0.3) is 0 Å². The number of nitrogens with zero attached hydrogens (tertiary/aromatic N) is 1. The van der Waals surface area contributed by atoms with E-state index in [9.17, 15) is 4.79 Å². The van der Waals surface area contributed by atoms with E-state index < -0.39 is 0 Å². The minimum absolute atomic E-state index is 0.339. The van der Waals surface area contributed by atoms with E-state index in [1.807, 2.05) is 12.1 Å². The van der Waals surface area contributed by atoms with E-state index in [2.05, 4.69) is 31.5 Å². The first-order valence-electron chi connectivity index (χ1n) is 6.55. The van der Waals surface area contributed by atoms with Crippen molar-refractivity contribution in [3.05, 3.63) is 52.6 Å². The van der Waals surface area contributed by atoms with Crippen LogP contribution in [0.1, 0.15) is 17.3 Å². The highest BCUT2D eigenvalue weighted by atomic mass is 79.9. The highest BCUT2D eigenvalue weighted by Gasteiger charge is 2.06. The third kappa shape index (κ3) is 4.78. The average Bonchev–Trinajstić information content (AvgIpc) is 2.50. The van der Waals surface area contributed by atoms with Crippen LogP contribution in [0.4, 0.5) is 11.5 Å². The van der Waals surface area contributed by atoms with Gasteiger partial charge in [0, 0.05) is 16.4 Å². The molecule has 0 amide bonds. The first-order chi connectivity index (χ1) is 10.6. The van der Waals surface area contributed by atoms with E-state index in [1.54, 1.807) is 37.4 Å². The Hall–Kier alpha value is -1.99. The monoisotopic (exact) mass is 379 g/mol. The Balaban J connectivity index is 1.94. The summed E-state index contributed by atoms with van der Waals surface area (Å²) in [6.45, 7) is 2.13. The van der Waals surface area contributed by atoms with Crippen LogP contribution in [0.15, 0.2) is 47.1 Å². The molecule has 7 heteroatoms. The number of rotatable bonds is 4. The summed E-state index contributed by atoms with van der Waals surface area (Å²) in [6, 6.07) is 10.6. The molecule has 114 valence electrons. The molecule has 0 aliphatic carbocycles. The molecule has 0 aliphatic heterocycles. The summed E-state index contributed by atoms with van der Waals surface area (Å²) >= 11 is 8.53. The maximum atomic E-state index is 11.6. The van der Waals surface area contributed by atoms with Gasteiger partial charge >= 0.3 is 5.97 Å². The lowest BCUT2D eigenvalue weighted by Crippen LogP contribution is -2.19. The average molecular weight is 380 g/mol. The number of aromatic nitrogens is 1. The molecule has 1 aromatic carbocycles. The van der Waals surface area contributed by atoms with Gasteiger partial charge in [0.05, 0.1) is 12.2 Å². The second kappa shape index (κ2) is 7.86. The zero-order valence-electron chi connectivity index (χ0n) is 11.8. The lowest BCUT2D eigenvalue weighted by atomic mass is 10.2. The standard InChI is InChI=1S/C15H14BrN3O2S/c1-2-21-14(20)10-3-6-12(7-4-10)18-15(22)19-13-8-5-11(16)9-17-13/h3-9H,2H2,1H3,(H2,17,18,19,22). The normalized spacial score (nSPS) is 9.91. The van der Waals surface area contributed by atoms with E-state index in [0.29, 0.717) is 23.1 Å². The van der Waals surface area contributed by atoms with Gasteiger partial charge in [0.1, 0.15) is 5.82 Å².